The van der Waals surface area contributed by atoms with Crippen LogP contribution in [0.5, 0.6) is 11.5 Å². The first kappa shape index (κ1) is 16.1. The van der Waals surface area contributed by atoms with Crippen molar-refractivity contribution in [3.8, 4) is 22.6 Å². The van der Waals surface area contributed by atoms with Gasteiger partial charge in [-0.15, -0.1) is 0 Å². The SMILES string of the molecule is NCc1ccc(OCCOc2ccc(-c3ccccc3)cc2)cc1. The standard InChI is InChI=1S/C21H21NO2/c22-16-17-6-10-20(11-7-17)23-14-15-24-21-12-8-19(9-13-21)18-4-2-1-3-5-18/h1-13H,14-16,22H2. The zero-order valence-electron chi connectivity index (χ0n) is 13.5. The first-order chi connectivity index (χ1) is 11.8. The Morgan fingerprint density at radius 3 is 1.62 bits per heavy atom. The third-order valence-corrected chi connectivity index (χ3v) is 3.74. The Labute approximate surface area is 142 Å². The second kappa shape index (κ2) is 8.18. The van der Waals surface area contributed by atoms with Crippen LogP contribution in [0.25, 0.3) is 11.1 Å². The molecule has 0 bridgehead atoms. The fourth-order valence-electron chi connectivity index (χ4n) is 2.42. The van der Waals surface area contributed by atoms with Crippen molar-refractivity contribution in [3.05, 3.63) is 84.4 Å². The Balaban J connectivity index is 1.46. The molecule has 3 aromatic rings. The summed E-state index contributed by atoms with van der Waals surface area (Å²) in [5, 5.41) is 0. The van der Waals surface area contributed by atoms with Gasteiger partial charge >= 0.3 is 0 Å². The first-order valence-electron chi connectivity index (χ1n) is 8.05. The van der Waals surface area contributed by atoms with Crippen molar-refractivity contribution >= 4 is 0 Å². The van der Waals surface area contributed by atoms with Crippen LogP contribution in [0.15, 0.2) is 78.9 Å². The van der Waals surface area contributed by atoms with E-state index in [1.54, 1.807) is 0 Å². The highest BCUT2D eigenvalue weighted by molar-refractivity contribution is 5.63. The largest absolute Gasteiger partial charge is 0.490 e. The Kier molecular flexibility index (Phi) is 5.48. The minimum atomic E-state index is 0.502. The number of benzene rings is 3. The van der Waals surface area contributed by atoms with Crippen LogP contribution >= 0.6 is 0 Å². The normalized spacial score (nSPS) is 10.4. The second-order valence-corrected chi connectivity index (χ2v) is 5.44. The molecule has 0 aliphatic heterocycles. The van der Waals surface area contributed by atoms with Crippen LogP contribution < -0.4 is 15.2 Å². The number of hydrogen-bond donors (Lipinski definition) is 1. The molecule has 3 nitrogen and oxygen atoms in total. The summed E-state index contributed by atoms with van der Waals surface area (Å²) in [5.41, 5.74) is 9.05. The van der Waals surface area contributed by atoms with Gasteiger partial charge in [0.2, 0.25) is 0 Å². The van der Waals surface area contributed by atoms with Crippen molar-refractivity contribution in [2.75, 3.05) is 13.2 Å². The summed E-state index contributed by atoms with van der Waals surface area (Å²) >= 11 is 0. The van der Waals surface area contributed by atoms with Crippen molar-refractivity contribution in [1.82, 2.24) is 0 Å². The summed E-state index contributed by atoms with van der Waals surface area (Å²) in [4.78, 5) is 0. The van der Waals surface area contributed by atoms with Crippen molar-refractivity contribution in [3.63, 3.8) is 0 Å². The minimum absolute atomic E-state index is 0.502. The highest BCUT2D eigenvalue weighted by Gasteiger charge is 1.99. The van der Waals surface area contributed by atoms with Gasteiger partial charge in [-0.3, -0.25) is 0 Å². The summed E-state index contributed by atoms with van der Waals surface area (Å²) in [7, 11) is 0. The topological polar surface area (TPSA) is 44.5 Å². The zero-order chi connectivity index (χ0) is 16.6. The molecule has 0 aliphatic rings. The number of nitrogens with two attached hydrogens (primary N) is 1. The molecule has 0 saturated heterocycles. The maximum absolute atomic E-state index is 5.72. The Morgan fingerprint density at radius 2 is 1.08 bits per heavy atom. The molecular weight excluding hydrogens is 298 g/mol. The molecule has 0 heterocycles. The molecule has 3 rings (SSSR count). The van der Waals surface area contributed by atoms with E-state index in [0.29, 0.717) is 19.8 Å². The van der Waals surface area contributed by atoms with Crippen LogP contribution in [0.2, 0.25) is 0 Å². The lowest BCUT2D eigenvalue weighted by Gasteiger charge is -2.09. The van der Waals surface area contributed by atoms with Gasteiger partial charge in [0.1, 0.15) is 24.7 Å². The lowest BCUT2D eigenvalue weighted by atomic mass is 10.1. The molecule has 122 valence electrons. The smallest absolute Gasteiger partial charge is 0.122 e. The Bertz CT molecular complexity index is 737. The van der Waals surface area contributed by atoms with E-state index in [0.717, 1.165) is 17.1 Å². The van der Waals surface area contributed by atoms with Gasteiger partial charge in [0.05, 0.1) is 0 Å². The van der Waals surface area contributed by atoms with Crippen LogP contribution in [0, 0.1) is 0 Å². The molecule has 0 aliphatic carbocycles. The molecule has 0 saturated carbocycles. The molecule has 3 heteroatoms. The van der Waals surface area contributed by atoms with Gasteiger partial charge in [-0.05, 0) is 41.0 Å². The van der Waals surface area contributed by atoms with E-state index in [4.69, 9.17) is 15.2 Å². The third-order valence-electron chi connectivity index (χ3n) is 3.74. The van der Waals surface area contributed by atoms with E-state index in [1.165, 1.54) is 11.1 Å². The third kappa shape index (κ3) is 4.37. The predicted molar refractivity (Wildman–Crippen MR) is 97.2 cm³/mol. The van der Waals surface area contributed by atoms with Crippen molar-refractivity contribution in [2.24, 2.45) is 5.73 Å². The predicted octanol–water partition coefficient (Wildman–Crippen LogP) is 4.27. The highest BCUT2D eigenvalue weighted by atomic mass is 16.5. The number of rotatable bonds is 7. The van der Waals surface area contributed by atoms with E-state index in [9.17, 15) is 0 Å². The number of hydrogen-bond acceptors (Lipinski definition) is 3. The van der Waals surface area contributed by atoms with Gasteiger partial charge in [-0.2, -0.15) is 0 Å². The Hall–Kier alpha value is -2.78. The minimum Gasteiger partial charge on any atom is -0.490 e. The fraction of sp³-hybridized carbons (Fsp3) is 0.143. The summed E-state index contributed by atoms with van der Waals surface area (Å²) in [6.07, 6.45) is 0. The van der Waals surface area contributed by atoms with E-state index in [1.807, 2.05) is 54.6 Å². The van der Waals surface area contributed by atoms with Crippen molar-refractivity contribution in [2.45, 2.75) is 6.54 Å². The summed E-state index contributed by atoms with van der Waals surface area (Å²) in [6, 6.07) is 26.2. The molecule has 24 heavy (non-hydrogen) atoms. The molecular formula is C21H21NO2. The van der Waals surface area contributed by atoms with E-state index < -0.39 is 0 Å². The van der Waals surface area contributed by atoms with Gasteiger partial charge in [0.25, 0.3) is 0 Å². The summed E-state index contributed by atoms with van der Waals surface area (Å²) < 4.78 is 11.4. The van der Waals surface area contributed by atoms with Crippen LogP contribution in [-0.2, 0) is 6.54 Å². The molecule has 0 amide bonds. The quantitative estimate of drug-likeness (QED) is 0.661. The molecule has 3 aromatic carbocycles. The molecule has 0 atom stereocenters. The summed E-state index contributed by atoms with van der Waals surface area (Å²) in [5.74, 6) is 1.67. The average Bonchev–Trinajstić information content (AvgIpc) is 2.67. The second-order valence-electron chi connectivity index (χ2n) is 5.44. The average molecular weight is 319 g/mol. The highest BCUT2D eigenvalue weighted by Crippen LogP contribution is 2.22. The van der Waals surface area contributed by atoms with E-state index in [-0.39, 0.29) is 0 Å². The van der Waals surface area contributed by atoms with Crippen LogP contribution in [-0.4, -0.2) is 13.2 Å². The molecule has 0 unspecified atom stereocenters. The van der Waals surface area contributed by atoms with Gasteiger partial charge in [-0.25, -0.2) is 0 Å². The van der Waals surface area contributed by atoms with Crippen LogP contribution in [0.4, 0.5) is 0 Å². The summed E-state index contributed by atoms with van der Waals surface area (Å²) in [6.45, 7) is 1.55. The molecule has 0 radical (unpaired) electrons. The maximum Gasteiger partial charge on any atom is 0.122 e. The van der Waals surface area contributed by atoms with Gasteiger partial charge < -0.3 is 15.2 Å². The van der Waals surface area contributed by atoms with Crippen molar-refractivity contribution in [1.29, 1.82) is 0 Å². The van der Waals surface area contributed by atoms with E-state index in [2.05, 4.69) is 24.3 Å². The van der Waals surface area contributed by atoms with Crippen LogP contribution in [0.3, 0.4) is 0 Å². The maximum atomic E-state index is 5.72. The van der Waals surface area contributed by atoms with Gasteiger partial charge in [-0.1, -0.05) is 54.6 Å². The lowest BCUT2D eigenvalue weighted by molar-refractivity contribution is 0.217. The molecule has 0 aromatic heterocycles. The first-order valence-corrected chi connectivity index (χ1v) is 8.05. The van der Waals surface area contributed by atoms with Gasteiger partial charge in [0, 0.05) is 6.54 Å². The molecule has 0 spiro atoms. The molecule has 0 fully saturated rings. The monoisotopic (exact) mass is 319 g/mol. The van der Waals surface area contributed by atoms with Gasteiger partial charge in [0.15, 0.2) is 0 Å². The zero-order valence-corrected chi connectivity index (χ0v) is 13.5. The van der Waals surface area contributed by atoms with Crippen LogP contribution in [0.1, 0.15) is 5.56 Å². The van der Waals surface area contributed by atoms with E-state index >= 15 is 0 Å². The Morgan fingerprint density at radius 1 is 0.583 bits per heavy atom. The lowest BCUT2D eigenvalue weighted by Crippen LogP contribution is -2.09. The molecule has 2 N–H and O–H groups in total. The number of ether oxygens (including phenoxy) is 2. The fourth-order valence-corrected chi connectivity index (χ4v) is 2.42. The van der Waals surface area contributed by atoms with Crippen molar-refractivity contribution < 1.29 is 9.47 Å².